The van der Waals surface area contributed by atoms with Gasteiger partial charge in [0.1, 0.15) is 13.2 Å². The van der Waals surface area contributed by atoms with Crippen LogP contribution in [0.3, 0.4) is 0 Å². The second-order valence-electron chi connectivity index (χ2n) is 6.38. The second-order valence-corrected chi connectivity index (χ2v) is 6.38. The first kappa shape index (κ1) is 13.7. The molecule has 1 aromatic rings. The van der Waals surface area contributed by atoms with Crippen molar-refractivity contribution in [3.63, 3.8) is 0 Å². The van der Waals surface area contributed by atoms with Crippen LogP contribution in [0, 0.1) is 11.8 Å². The summed E-state index contributed by atoms with van der Waals surface area (Å²) in [5.41, 5.74) is 0.266. The zero-order valence-electron chi connectivity index (χ0n) is 12.4. The monoisotopic (exact) mass is 276 g/mol. The zero-order chi connectivity index (χ0) is 14.2. The van der Waals surface area contributed by atoms with Crippen LogP contribution in [-0.4, -0.2) is 18.3 Å². The molecule has 2 aliphatic rings. The lowest BCUT2D eigenvalue weighted by atomic mass is 9.67. The Morgan fingerprint density at radius 1 is 1.15 bits per heavy atom. The highest BCUT2D eigenvalue weighted by atomic mass is 16.6. The largest absolute Gasteiger partial charge is 0.486 e. The van der Waals surface area contributed by atoms with Gasteiger partial charge < -0.3 is 14.6 Å². The van der Waals surface area contributed by atoms with Gasteiger partial charge in [0.25, 0.3) is 0 Å². The molecule has 0 spiro atoms. The van der Waals surface area contributed by atoms with E-state index in [2.05, 4.69) is 13.8 Å². The first-order chi connectivity index (χ1) is 9.61. The fraction of sp³-hybridized carbons (Fsp3) is 0.647. The van der Waals surface area contributed by atoms with Gasteiger partial charge in [0, 0.05) is 0 Å². The van der Waals surface area contributed by atoms with Crippen LogP contribution in [-0.2, 0) is 5.60 Å². The molecular formula is C17H24O3. The van der Waals surface area contributed by atoms with Crippen LogP contribution >= 0.6 is 0 Å². The summed E-state index contributed by atoms with van der Waals surface area (Å²) in [5, 5.41) is 11.3. The summed E-state index contributed by atoms with van der Waals surface area (Å²) in [6, 6.07) is 5.93. The number of hydrogen-bond acceptors (Lipinski definition) is 3. The first-order valence-corrected chi connectivity index (χ1v) is 7.74. The van der Waals surface area contributed by atoms with Gasteiger partial charge in [-0.3, -0.25) is 0 Å². The molecular weight excluding hydrogens is 252 g/mol. The van der Waals surface area contributed by atoms with Crippen molar-refractivity contribution >= 4 is 0 Å². The molecule has 0 aromatic heterocycles. The summed E-state index contributed by atoms with van der Waals surface area (Å²) >= 11 is 0. The number of ether oxygens (including phenoxy) is 2. The quantitative estimate of drug-likeness (QED) is 0.898. The molecule has 1 aliphatic carbocycles. The third-order valence-electron chi connectivity index (χ3n) is 4.78. The van der Waals surface area contributed by atoms with E-state index in [1.807, 2.05) is 18.2 Å². The maximum atomic E-state index is 11.3. The lowest BCUT2D eigenvalue weighted by Gasteiger charge is -2.43. The van der Waals surface area contributed by atoms with Crippen molar-refractivity contribution < 1.29 is 14.6 Å². The van der Waals surface area contributed by atoms with E-state index in [-0.39, 0.29) is 0 Å². The molecule has 1 aromatic carbocycles. The van der Waals surface area contributed by atoms with Gasteiger partial charge in [-0.05, 0) is 42.4 Å². The average molecular weight is 276 g/mol. The molecule has 110 valence electrons. The Hall–Kier alpha value is -1.22. The Morgan fingerprint density at radius 3 is 2.65 bits per heavy atom. The Balaban J connectivity index is 1.97. The molecule has 0 bridgehead atoms. The highest BCUT2D eigenvalue weighted by molar-refractivity contribution is 5.45. The lowest BCUT2D eigenvalue weighted by molar-refractivity contribution is -0.0723. The van der Waals surface area contributed by atoms with Gasteiger partial charge in [-0.1, -0.05) is 32.8 Å². The minimum absolute atomic E-state index is 0.318. The van der Waals surface area contributed by atoms with E-state index in [0.717, 1.165) is 36.3 Å². The van der Waals surface area contributed by atoms with Crippen molar-refractivity contribution in [2.24, 2.45) is 11.8 Å². The van der Waals surface area contributed by atoms with Gasteiger partial charge in [-0.2, -0.15) is 0 Å². The summed E-state index contributed by atoms with van der Waals surface area (Å²) in [6.07, 6.45) is 4.25. The van der Waals surface area contributed by atoms with Crippen molar-refractivity contribution in [1.29, 1.82) is 0 Å². The number of aliphatic hydroxyl groups is 1. The number of benzene rings is 1. The summed E-state index contributed by atoms with van der Waals surface area (Å²) in [5.74, 6) is 2.36. The first-order valence-electron chi connectivity index (χ1n) is 7.74. The Labute approximate surface area is 120 Å². The number of fused-ring (bicyclic) bond motifs is 1. The van der Waals surface area contributed by atoms with Crippen LogP contribution in [0.25, 0.3) is 0 Å². The van der Waals surface area contributed by atoms with Crippen molar-refractivity contribution in [1.82, 2.24) is 0 Å². The van der Waals surface area contributed by atoms with Gasteiger partial charge in [0.2, 0.25) is 0 Å². The minimum atomic E-state index is -0.720. The average Bonchev–Trinajstić information content (AvgIpc) is 2.47. The summed E-state index contributed by atoms with van der Waals surface area (Å²) in [7, 11) is 0. The molecule has 2 unspecified atom stereocenters. The van der Waals surface area contributed by atoms with Gasteiger partial charge in [-0.15, -0.1) is 0 Å². The van der Waals surface area contributed by atoms with Crippen molar-refractivity contribution in [2.45, 2.75) is 45.1 Å². The SMILES string of the molecule is CC(C)C1CCCCC1(O)c1ccc2c(c1)OCCO2. The highest BCUT2D eigenvalue weighted by Gasteiger charge is 2.42. The normalized spacial score (nSPS) is 29.5. The molecule has 1 fully saturated rings. The van der Waals surface area contributed by atoms with Crippen LogP contribution in [0.15, 0.2) is 18.2 Å². The predicted molar refractivity (Wildman–Crippen MR) is 78.1 cm³/mol. The van der Waals surface area contributed by atoms with Crippen LogP contribution in [0.1, 0.15) is 45.1 Å². The summed E-state index contributed by atoms with van der Waals surface area (Å²) in [6.45, 7) is 5.60. The molecule has 1 aliphatic heterocycles. The molecule has 1 N–H and O–H groups in total. The molecule has 3 nitrogen and oxygen atoms in total. The maximum Gasteiger partial charge on any atom is 0.161 e. The second kappa shape index (κ2) is 5.28. The predicted octanol–water partition coefficient (Wildman–Crippen LogP) is 3.49. The molecule has 1 saturated carbocycles. The Morgan fingerprint density at radius 2 is 1.90 bits per heavy atom. The third kappa shape index (κ3) is 2.28. The minimum Gasteiger partial charge on any atom is -0.486 e. The van der Waals surface area contributed by atoms with Crippen LogP contribution in [0.5, 0.6) is 11.5 Å². The fourth-order valence-electron chi connectivity index (χ4n) is 3.74. The van der Waals surface area contributed by atoms with Gasteiger partial charge in [0.05, 0.1) is 5.60 Å². The smallest absolute Gasteiger partial charge is 0.161 e. The van der Waals surface area contributed by atoms with Crippen molar-refractivity contribution in [3.8, 4) is 11.5 Å². The van der Waals surface area contributed by atoms with Crippen molar-refractivity contribution in [3.05, 3.63) is 23.8 Å². The van der Waals surface area contributed by atoms with E-state index < -0.39 is 5.60 Å². The molecule has 1 heterocycles. The van der Waals surface area contributed by atoms with E-state index in [4.69, 9.17) is 9.47 Å². The van der Waals surface area contributed by atoms with E-state index in [9.17, 15) is 5.11 Å². The maximum absolute atomic E-state index is 11.3. The lowest BCUT2D eigenvalue weighted by Crippen LogP contribution is -2.40. The molecule has 0 radical (unpaired) electrons. The summed E-state index contributed by atoms with van der Waals surface area (Å²) in [4.78, 5) is 0. The van der Waals surface area contributed by atoms with E-state index in [0.29, 0.717) is 25.0 Å². The number of rotatable bonds is 2. The molecule has 3 rings (SSSR count). The fourth-order valence-corrected chi connectivity index (χ4v) is 3.74. The van der Waals surface area contributed by atoms with E-state index in [1.165, 1.54) is 6.42 Å². The third-order valence-corrected chi connectivity index (χ3v) is 4.78. The zero-order valence-corrected chi connectivity index (χ0v) is 12.4. The topological polar surface area (TPSA) is 38.7 Å². The Kier molecular flexibility index (Phi) is 3.63. The highest BCUT2D eigenvalue weighted by Crippen LogP contribution is 2.47. The van der Waals surface area contributed by atoms with Gasteiger partial charge in [-0.25, -0.2) is 0 Å². The molecule has 0 amide bonds. The van der Waals surface area contributed by atoms with Gasteiger partial charge >= 0.3 is 0 Å². The van der Waals surface area contributed by atoms with Crippen LogP contribution in [0.4, 0.5) is 0 Å². The molecule has 3 heteroatoms. The van der Waals surface area contributed by atoms with Gasteiger partial charge in [0.15, 0.2) is 11.5 Å². The molecule has 20 heavy (non-hydrogen) atoms. The van der Waals surface area contributed by atoms with Crippen LogP contribution < -0.4 is 9.47 Å². The number of hydrogen-bond donors (Lipinski definition) is 1. The van der Waals surface area contributed by atoms with E-state index >= 15 is 0 Å². The Bertz CT molecular complexity index is 483. The van der Waals surface area contributed by atoms with Crippen LogP contribution in [0.2, 0.25) is 0 Å². The van der Waals surface area contributed by atoms with E-state index in [1.54, 1.807) is 0 Å². The standard InChI is InChI=1S/C17H24O3/c1-12(2)14-5-3-4-8-17(14,18)13-6-7-15-16(11-13)20-10-9-19-15/h6-7,11-12,14,18H,3-5,8-10H2,1-2H3. The van der Waals surface area contributed by atoms with Crippen molar-refractivity contribution in [2.75, 3.05) is 13.2 Å². The summed E-state index contributed by atoms with van der Waals surface area (Å²) < 4.78 is 11.2. The molecule has 2 atom stereocenters. The molecule has 0 saturated heterocycles.